The molecule has 0 spiro atoms. The quantitative estimate of drug-likeness (QED) is 0.675. The highest BCUT2D eigenvalue weighted by Gasteiger charge is 2.17. The van der Waals surface area contributed by atoms with Crippen LogP contribution in [0.3, 0.4) is 0 Å². The summed E-state index contributed by atoms with van der Waals surface area (Å²) in [5, 5.41) is 29.2. The monoisotopic (exact) mass is 335 g/mol. The van der Waals surface area contributed by atoms with Crippen LogP contribution in [0.4, 0.5) is 17.1 Å². The molecular formula is C19H17N3O3. The molecule has 0 saturated carbocycles. The molecule has 0 saturated heterocycles. The second-order valence-corrected chi connectivity index (χ2v) is 5.76. The summed E-state index contributed by atoms with van der Waals surface area (Å²) >= 11 is 0. The highest BCUT2D eigenvalue weighted by Crippen LogP contribution is 2.39. The number of aromatic hydroxyl groups is 1. The summed E-state index contributed by atoms with van der Waals surface area (Å²) in [6.07, 6.45) is 0. The molecule has 0 fully saturated rings. The Bertz CT molecular complexity index is 964. The van der Waals surface area contributed by atoms with E-state index in [1.807, 2.05) is 31.1 Å². The van der Waals surface area contributed by atoms with Gasteiger partial charge in [-0.1, -0.05) is 24.3 Å². The summed E-state index contributed by atoms with van der Waals surface area (Å²) < 4.78 is 0. The normalized spacial score (nSPS) is 11.1. The fourth-order valence-corrected chi connectivity index (χ4v) is 2.51. The fraction of sp³-hybridized carbons (Fsp3) is 0.105. The van der Waals surface area contributed by atoms with E-state index in [2.05, 4.69) is 10.2 Å². The first kappa shape index (κ1) is 16.4. The maximum Gasteiger partial charge on any atom is 0.339 e. The van der Waals surface area contributed by atoms with E-state index in [0.29, 0.717) is 16.5 Å². The van der Waals surface area contributed by atoms with Gasteiger partial charge < -0.3 is 15.1 Å². The van der Waals surface area contributed by atoms with Gasteiger partial charge >= 0.3 is 5.97 Å². The molecule has 0 bridgehead atoms. The lowest BCUT2D eigenvalue weighted by Crippen LogP contribution is -2.07. The lowest BCUT2D eigenvalue weighted by atomic mass is 10.0. The SMILES string of the molecule is CN(C)c1ccc(/N=N/c2c(O)c(C(=O)O)cc3ccccc23)cc1. The Morgan fingerprint density at radius 3 is 2.32 bits per heavy atom. The van der Waals surface area contributed by atoms with Gasteiger partial charge in [0, 0.05) is 25.2 Å². The van der Waals surface area contributed by atoms with Crippen molar-refractivity contribution in [2.75, 3.05) is 19.0 Å². The Hall–Kier alpha value is -3.41. The van der Waals surface area contributed by atoms with Gasteiger partial charge in [-0.2, -0.15) is 5.11 Å². The third-order valence-corrected chi connectivity index (χ3v) is 3.86. The first-order valence-corrected chi connectivity index (χ1v) is 7.64. The molecular weight excluding hydrogens is 318 g/mol. The van der Waals surface area contributed by atoms with Crippen molar-refractivity contribution in [2.24, 2.45) is 10.2 Å². The molecule has 25 heavy (non-hydrogen) atoms. The lowest BCUT2D eigenvalue weighted by molar-refractivity contribution is 0.0694. The van der Waals surface area contributed by atoms with Crippen LogP contribution in [0.5, 0.6) is 5.75 Å². The van der Waals surface area contributed by atoms with Gasteiger partial charge in [0.25, 0.3) is 0 Å². The molecule has 0 radical (unpaired) electrons. The number of nitrogens with zero attached hydrogens (tertiary/aromatic N) is 3. The summed E-state index contributed by atoms with van der Waals surface area (Å²) in [7, 11) is 3.89. The van der Waals surface area contributed by atoms with Gasteiger partial charge in [-0.3, -0.25) is 0 Å². The summed E-state index contributed by atoms with van der Waals surface area (Å²) in [4.78, 5) is 13.3. The van der Waals surface area contributed by atoms with Gasteiger partial charge in [-0.15, -0.1) is 5.11 Å². The lowest BCUT2D eigenvalue weighted by Gasteiger charge is -2.11. The molecule has 0 unspecified atom stereocenters. The number of azo groups is 1. The first-order valence-electron chi connectivity index (χ1n) is 7.64. The van der Waals surface area contributed by atoms with Crippen LogP contribution in [-0.2, 0) is 0 Å². The Kier molecular flexibility index (Phi) is 4.35. The van der Waals surface area contributed by atoms with Crippen LogP contribution in [-0.4, -0.2) is 30.3 Å². The molecule has 6 nitrogen and oxygen atoms in total. The second kappa shape index (κ2) is 6.60. The number of carboxylic acids is 1. The molecule has 3 rings (SSSR count). The number of aromatic carboxylic acids is 1. The predicted molar refractivity (Wildman–Crippen MR) is 97.5 cm³/mol. The molecule has 3 aromatic carbocycles. The van der Waals surface area contributed by atoms with Crippen molar-refractivity contribution in [1.82, 2.24) is 0 Å². The Labute approximate surface area is 144 Å². The number of carboxylic acid groups (broad SMARTS) is 1. The zero-order chi connectivity index (χ0) is 18.0. The topological polar surface area (TPSA) is 85.5 Å². The van der Waals surface area contributed by atoms with E-state index in [0.717, 1.165) is 5.69 Å². The van der Waals surface area contributed by atoms with Crippen LogP contribution in [0.2, 0.25) is 0 Å². The molecule has 126 valence electrons. The van der Waals surface area contributed by atoms with Crippen molar-refractivity contribution in [1.29, 1.82) is 0 Å². The fourth-order valence-electron chi connectivity index (χ4n) is 2.51. The summed E-state index contributed by atoms with van der Waals surface area (Å²) in [5.41, 5.74) is 1.58. The van der Waals surface area contributed by atoms with E-state index >= 15 is 0 Å². The van der Waals surface area contributed by atoms with E-state index in [9.17, 15) is 15.0 Å². The third kappa shape index (κ3) is 3.28. The van der Waals surface area contributed by atoms with Crippen LogP contribution in [0.1, 0.15) is 10.4 Å². The molecule has 6 heteroatoms. The zero-order valence-electron chi connectivity index (χ0n) is 13.8. The minimum absolute atomic E-state index is 0.146. The van der Waals surface area contributed by atoms with Gasteiger partial charge in [0.05, 0.1) is 5.69 Å². The number of phenols is 1. The average molecular weight is 335 g/mol. The maximum absolute atomic E-state index is 11.4. The van der Waals surface area contributed by atoms with Crippen LogP contribution in [0.25, 0.3) is 10.8 Å². The van der Waals surface area contributed by atoms with Crippen molar-refractivity contribution >= 4 is 33.8 Å². The maximum atomic E-state index is 11.4. The first-order chi connectivity index (χ1) is 12.0. The number of fused-ring (bicyclic) bond motifs is 1. The molecule has 0 aliphatic heterocycles. The van der Waals surface area contributed by atoms with E-state index in [4.69, 9.17) is 0 Å². The third-order valence-electron chi connectivity index (χ3n) is 3.86. The number of hydrogen-bond acceptors (Lipinski definition) is 5. The van der Waals surface area contributed by atoms with Gasteiger partial charge in [0.2, 0.25) is 0 Å². The highest BCUT2D eigenvalue weighted by atomic mass is 16.4. The second-order valence-electron chi connectivity index (χ2n) is 5.76. The summed E-state index contributed by atoms with van der Waals surface area (Å²) in [6.45, 7) is 0. The summed E-state index contributed by atoms with van der Waals surface area (Å²) in [6, 6.07) is 16.0. The molecule has 3 aromatic rings. The molecule has 0 aromatic heterocycles. The Balaban J connectivity index is 2.08. The number of hydrogen-bond donors (Lipinski definition) is 2. The van der Waals surface area contributed by atoms with E-state index in [-0.39, 0.29) is 17.0 Å². The van der Waals surface area contributed by atoms with Crippen LogP contribution >= 0.6 is 0 Å². The number of rotatable bonds is 4. The largest absolute Gasteiger partial charge is 0.505 e. The van der Waals surface area contributed by atoms with Crippen LogP contribution < -0.4 is 4.90 Å². The van der Waals surface area contributed by atoms with Gasteiger partial charge in [0.15, 0.2) is 5.75 Å². The minimum atomic E-state index is -1.21. The zero-order valence-corrected chi connectivity index (χ0v) is 13.8. The van der Waals surface area contributed by atoms with E-state index < -0.39 is 5.97 Å². The van der Waals surface area contributed by atoms with Gasteiger partial charge in [0.1, 0.15) is 11.3 Å². The predicted octanol–water partition coefficient (Wildman–Crippen LogP) is 4.73. The van der Waals surface area contributed by atoms with E-state index in [1.54, 1.807) is 36.4 Å². The van der Waals surface area contributed by atoms with Crippen molar-refractivity contribution < 1.29 is 15.0 Å². The van der Waals surface area contributed by atoms with Crippen molar-refractivity contribution in [3.8, 4) is 5.75 Å². The van der Waals surface area contributed by atoms with Crippen LogP contribution in [0.15, 0.2) is 64.8 Å². The molecule has 0 atom stereocenters. The van der Waals surface area contributed by atoms with Crippen molar-refractivity contribution in [3.63, 3.8) is 0 Å². The average Bonchev–Trinajstić information content (AvgIpc) is 2.60. The molecule has 0 heterocycles. The van der Waals surface area contributed by atoms with Crippen LogP contribution in [0, 0.1) is 0 Å². The molecule has 2 N–H and O–H groups in total. The summed E-state index contributed by atoms with van der Waals surface area (Å²) in [5.74, 6) is -1.60. The number of benzene rings is 3. The molecule has 0 aliphatic rings. The van der Waals surface area contributed by atoms with Gasteiger partial charge in [-0.05, 0) is 35.7 Å². The minimum Gasteiger partial charge on any atom is -0.505 e. The van der Waals surface area contributed by atoms with Crippen molar-refractivity contribution in [3.05, 3.63) is 60.2 Å². The highest BCUT2D eigenvalue weighted by molar-refractivity contribution is 6.04. The smallest absolute Gasteiger partial charge is 0.339 e. The molecule has 0 aliphatic carbocycles. The number of carbonyl (C=O) groups is 1. The Morgan fingerprint density at radius 1 is 1.00 bits per heavy atom. The Morgan fingerprint density at radius 2 is 1.68 bits per heavy atom. The number of anilines is 1. The van der Waals surface area contributed by atoms with Crippen molar-refractivity contribution in [2.45, 2.75) is 0 Å². The van der Waals surface area contributed by atoms with Gasteiger partial charge in [-0.25, -0.2) is 4.79 Å². The standard InChI is InChI=1S/C19H17N3O3/c1-22(2)14-9-7-13(8-10-14)20-21-17-15-6-4-3-5-12(15)11-16(18(17)23)19(24)25/h3-11,23H,1-2H3,(H,24,25)/b21-20+. The van der Waals surface area contributed by atoms with E-state index in [1.165, 1.54) is 6.07 Å². The molecule has 0 amide bonds.